The van der Waals surface area contributed by atoms with Gasteiger partial charge in [-0.05, 0) is 24.3 Å². The fourth-order valence-electron chi connectivity index (χ4n) is 3.19. The third-order valence-corrected chi connectivity index (χ3v) is 4.65. The number of aromatic nitrogens is 7. The molecule has 5 rings (SSSR count). The molecule has 0 unspecified atom stereocenters. The zero-order valence-corrected chi connectivity index (χ0v) is 15.5. The van der Waals surface area contributed by atoms with Gasteiger partial charge < -0.3 is 4.42 Å². The summed E-state index contributed by atoms with van der Waals surface area (Å²) >= 11 is 0. The number of imidazole rings is 1. The largest absolute Gasteiger partial charge is 0.459 e. The van der Waals surface area contributed by atoms with Crippen LogP contribution in [0.4, 0.5) is 22.0 Å². The van der Waals surface area contributed by atoms with Gasteiger partial charge in [-0.3, -0.25) is 9.08 Å². The molecular formula is C18H10F5N7O. The molecule has 0 spiro atoms. The Balaban J connectivity index is 1.85. The van der Waals surface area contributed by atoms with Crippen LogP contribution in [-0.2, 0) is 13.0 Å². The second kappa shape index (κ2) is 6.30. The first-order valence-corrected chi connectivity index (χ1v) is 8.69. The number of hydrogen-bond acceptors (Lipinski definition) is 6. The molecule has 31 heavy (non-hydrogen) atoms. The van der Waals surface area contributed by atoms with Crippen LogP contribution in [0.5, 0.6) is 0 Å². The predicted molar refractivity (Wildman–Crippen MR) is 95.9 cm³/mol. The minimum atomic E-state index is -5.83. The highest BCUT2D eigenvalue weighted by atomic mass is 19.4. The SMILES string of the molecule is Cn1ccc(-c2cc(C(F)(F)C(F)(F)F)nc3c2ccc2nc(-c4nnco4)cn23)n1. The molecule has 0 amide bonds. The van der Waals surface area contributed by atoms with Crippen LogP contribution >= 0.6 is 0 Å². The Morgan fingerprint density at radius 2 is 1.81 bits per heavy atom. The number of halogens is 5. The van der Waals surface area contributed by atoms with Gasteiger partial charge in [-0.25, -0.2) is 9.97 Å². The van der Waals surface area contributed by atoms with Crippen molar-refractivity contribution in [3.05, 3.63) is 48.7 Å². The number of alkyl halides is 5. The molecule has 0 atom stereocenters. The zero-order chi connectivity index (χ0) is 22.0. The Bertz CT molecular complexity index is 1420. The van der Waals surface area contributed by atoms with Gasteiger partial charge in [0.2, 0.25) is 6.39 Å². The lowest BCUT2D eigenvalue weighted by Crippen LogP contribution is -2.34. The molecule has 0 aliphatic heterocycles. The maximum absolute atomic E-state index is 14.2. The Kier molecular flexibility index (Phi) is 3.88. The average molecular weight is 435 g/mol. The summed E-state index contributed by atoms with van der Waals surface area (Å²) in [6.45, 7) is 0. The summed E-state index contributed by atoms with van der Waals surface area (Å²) in [5.41, 5.74) is -0.872. The van der Waals surface area contributed by atoms with Crippen LogP contribution in [0.25, 0.3) is 39.5 Å². The second-order valence-corrected chi connectivity index (χ2v) is 6.67. The van der Waals surface area contributed by atoms with Crippen LogP contribution in [0.15, 0.2) is 47.5 Å². The highest BCUT2D eigenvalue weighted by molar-refractivity contribution is 5.93. The molecule has 0 bridgehead atoms. The van der Waals surface area contributed by atoms with Crippen LogP contribution in [0.1, 0.15) is 5.69 Å². The standard InChI is InChI=1S/C18H10F5N7O/c1-29-5-4-11(28-29)10-6-13(17(19,20)18(21,22)23)26-15-9(10)2-3-14-25-12(7-30(14)15)16-27-24-8-31-16/h2-8H,1H3. The van der Waals surface area contributed by atoms with Crippen molar-refractivity contribution in [2.24, 2.45) is 7.05 Å². The van der Waals surface area contributed by atoms with Gasteiger partial charge in [-0.2, -0.15) is 27.1 Å². The van der Waals surface area contributed by atoms with Crippen molar-refractivity contribution >= 4 is 16.7 Å². The van der Waals surface area contributed by atoms with E-state index in [0.717, 1.165) is 6.39 Å². The topological polar surface area (TPSA) is 86.9 Å². The third kappa shape index (κ3) is 2.92. The third-order valence-electron chi connectivity index (χ3n) is 4.65. The first-order valence-electron chi connectivity index (χ1n) is 8.69. The van der Waals surface area contributed by atoms with Gasteiger partial charge in [0.15, 0.2) is 0 Å². The number of hydrogen-bond donors (Lipinski definition) is 0. The van der Waals surface area contributed by atoms with E-state index in [2.05, 4.69) is 25.3 Å². The van der Waals surface area contributed by atoms with Crippen molar-refractivity contribution in [1.29, 1.82) is 0 Å². The molecule has 158 valence electrons. The van der Waals surface area contributed by atoms with Crippen molar-refractivity contribution < 1.29 is 26.4 Å². The van der Waals surface area contributed by atoms with Crippen molar-refractivity contribution in [1.82, 2.24) is 34.3 Å². The van der Waals surface area contributed by atoms with E-state index >= 15 is 0 Å². The summed E-state index contributed by atoms with van der Waals surface area (Å²) in [6.07, 6.45) is -1.83. The van der Waals surface area contributed by atoms with Gasteiger partial charge in [0, 0.05) is 30.4 Å². The van der Waals surface area contributed by atoms with Crippen molar-refractivity contribution in [3.8, 4) is 22.8 Å². The molecule has 0 aliphatic rings. The fraction of sp³-hybridized carbons (Fsp3) is 0.167. The van der Waals surface area contributed by atoms with E-state index in [4.69, 9.17) is 4.42 Å². The summed E-state index contributed by atoms with van der Waals surface area (Å²) in [5, 5.41) is 11.7. The van der Waals surface area contributed by atoms with E-state index in [9.17, 15) is 22.0 Å². The normalized spacial score (nSPS) is 12.8. The predicted octanol–water partition coefficient (Wildman–Crippen LogP) is 3.99. The van der Waals surface area contributed by atoms with Crippen molar-refractivity contribution in [2.45, 2.75) is 12.1 Å². The molecule has 8 nitrogen and oxygen atoms in total. The van der Waals surface area contributed by atoms with Crippen LogP contribution in [0, 0.1) is 0 Å². The minimum absolute atomic E-state index is 0.0542. The fourth-order valence-corrected chi connectivity index (χ4v) is 3.19. The number of rotatable bonds is 3. The zero-order valence-electron chi connectivity index (χ0n) is 15.5. The van der Waals surface area contributed by atoms with Crippen LogP contribution in [0.3, 0.4) is 0 Å². The molecule has 0 fully saturated rings. The quantitative estimate of drug-likeness (QED) is 0.399. The summed E-state index contributed by atoms with van der Waals surface area (Å²) in [6, 6.07) is 5.31. The molecule has 5 aromatic rings. The first kappa shape index (κ1) is 19.1. The van der Waals surface area contributed by atoms with E-state index in [1.165, 1.54) is 27.4 Å². The molecule has 5 aromatic heterocycles. The molecular weight excluding hydrogens is 425 g/mol. The van der Waals surface area contributed by atoms with E-state index in [0.29, 0.717) is 11.5 Å². The molecule has 0 saturated heterocycles. The van der Waals surface area contributed by atoms with Crippen LogP contribution < -0.4 is 0 Å². The molecule has 5 heterocycles. The second-order valence-electron chi connectivity index (χ2n) is 6.67. The highest BCUT2D eigenvalue weighted by Crippen LogP contribution is 2.44. The summed E-state index contributed by atoms with van der Waals surface area (Å²) in [4.78, 5) is 7.93. The molecule has 0 saturated carbocycles. The lowest BCUT2D eigenvalue weighted by atomic mass is 10.0. The number of aryl methyl sites for hydroxylation is 1. The molecule has 0 radical (unpaired) electrons. The Morgan fingerprint density at radius 3 is 2.45 bits per heavy atom. The molecule has 0 aromatic carbocycles. The number of pyridine rings is 2. The van der Waals surface area contributed by atoms with Gasteiger partial charge in [0.25, 0.3) is 5.89 Å². The van der Waals surface area contributed by atoms with E-state index in [1.807, 2.05) is 0 Å². The van der Waals surface area contributed by atoms with Gasteiger partial charge in [0.05, 0.1) is 5.69 Å². The Hall–Kier alpha value is -3.90. The van der Waals surface area contributed by atoms with Gasteiger partial charge in [-0.15, -0.1) is 10.2 Å². The molecule has 0 N–H and O–H groups in total. The molecule has 0 aliphatic carbocycles. The number of nitrogens with zero attached hydrogens (tertiary/aromatic N) is 7. The Labute approximate surface area is 169 Å². The summed E-state index contributed by atoms with van der Waals surface area (Å²) < 4.78 is 75.6. The van der Waals surface area contributed by atoms with Gasteiger partial charge in [0.1, 0.15) is 22.7 Å². The smallest absolute Gasteiger partial charge is 0.422 e. The minimum Gasteiger partial charge on any atom is -0.422 e. The molecule has 13 heteroatoms. The first-order chi connectivity index (χ1) is 14.6. The van der Waals surface area contributed by atoms with Crippen molar-refractivity contribution in [3.63, 3.8) is 0 Å². The highest BCUT2D eigenvalue weighted by Gasteiger charge is 2.60. The Morgan fingerprint density at radius 1 is 1.00 bits per heavy atom. The summed E-state index contributed by atoms with van der Waals surface area (Å²) in [5.74, 6) is -5.12. The van der Waals surface area contributed by atoms with E-state index in [1.54, 1.807) is 19.3 Å². The van der Waals surface area contributed by atoms with Crippen molar-refractivity contribution in [2.75, 3.05) is 0 Å². The van der Waals surface area contributed by atoms with E-state index < -0.39 is 17.8 Å². The monoisotopic (exact) mass is 435 g/mol. The lowest BCUT2D eigenvalue weighted by Gasteiger charge is -2.20. The van der Waals surface area contributed by atoms with E-state index in [-0.39, 0.29) is 34.1 Å². The number of fused-ring (bicyclic) bond motifs is 3. The van der Waals surface area contributed by atoms with Gasteiger partial charge >= 0.3 is 12.1 Å². The van der Waals surface area contributed by atoms with Crippen LogP contribution in [-0.4, -0.2) is 40.5 Å². The average Bonchev–Trinajstić information content (AvgIpc) is 3.45. The lowest BCUT2D eigenvalue weighted by molar-refractivity contribution is -0.290. The maximum atomic E-state index is 14.2. The maximum Gasteiger partial charge on any atom is 0.459 e. The summed E-state index contributed by atoms with van der Waals surface area (Å²) in [7, 11) is 1.60. The van der Waals surface area contributed by atoms with Crippen LogP contribution in [0.2, 0.25) is 0 Å². The van der Waals surface area contributed by atoms with Gasteiger partial charge in [-0.1, -0.05) is 0 Å².